The van der Waals surface area contributed by atoms with E-state index in [-0.39, 0.29) is 18.6 Å². The van der Waals surface area contributed by atoms with E-state index >= 15 is 0 Å². The van der Waals surface area contributed by atoms with Crippen LogP contribution in [0.5, 0.6) is 0 Å². The first-order chi connectivity index (χ1) is 8.97. The molecular weight excluding hydrogens is 276 g/mol. The molecule has 0 aromatic rings. The molecule has 1 fully saturated rings. The number of amides is 2. The van der Waals surface area contributed by atoms with Gasteiger partial charge in [-0.15, -0.1) is 0 Å². The molecule has 0 aliphatic heterocycles. The second kappa shape index (κ2) is 5.92. The normalized spacial score (nSPS) is 17.9. The van der Waals surface area contributed by atoms with E-state index in [1.807, 2.05) is 11.8 Å². The zero-order valence-corrected chi connectivity index (χ0v) is 14.3. The molecule has 0 aromatic carbocycles. The second-order valence-electron chi connectivity index (χ2n) is 6.81. The molecule has 1 saturated carbocycles. The van der Waals surface area contributed by atoms with Gasteiger partial charge in [-0.2, -0.15) is 0 Å². The van der Waals surface area contributed by atoms with Gasteiger partial charge in [0.2, 0.25) is 0 Å². The van der Waals surface area contributed by atoms with E-state index < -0.39 is 14.6 Å². The molecule has 5 nitrogen and oxygen atoms in total. The van der Waals surface area contributed by atoms with Crippen molar-refractivity contribution in [3.8, 4) is 0 Å². The number of hydrogen-bond donors (Lipinski definition) is 1. The lowest BCUT2D eigenvalue weighted by Gasteiger charge is -2.33. The van der Waals surface area contributed by atoms with Crippen LogP contribution in [-0.4, -0.2) is 49.0 Å². The lowest BCUT2D eigenvalue weighted by Crippen LogP contribution is -2.52. The van der Waals surface area contributed by atoms with Crippen LogP contribution in [0.15, 0.2) is 0 Å². The van der Waals surface area contributed by atoms with E-state index in [0.717, 1.165) is 12.8 Å². The minimum atomic E-state index is -3.20. The van der Waals surface area contributed by atoms with Crippen molar-refractivity contribution in [2.45, 2.75) is 64.3 Å². The first-order valence-electron chi connectivity index (χ1n) is 7.23. The molecule has 0 aromatic heterocycles. The van der Waals surface area contributed by atoms with Gasteiger partial charge in [0.15, 0.2) is 9.84 Å². The van der Waals surface area contributed by atoms with Crippen LogP contribution in [0.25, 0.3) is 0 Å². The molecular formula is C14H28N2O3S. The maximum absolute atomic E-state index is 12.4. The molecule has 1 atom stereocenters. The fourth-order valence-corrected chi connectivity index (χ4v) is 2.20. The van der Waals surface area contributed by atoms with Crippen molar-refractivity contribution in [3.05, 3.63) is 0 Å². The van der Waals surface area contributed by atoms with E-state index in [0.29, 0.717) is 12.0 Å². The number of carbonyl (C=O) groups is 1. The van der Waals surface area contributed by atoms with Gasteiger partial charge in [0.05, 0.1) is 4.75 Å². The fourth-order valence-electron chi connectivity index (χ4n) is 1.87. The molecule has 6 heteroatoms. The molecule has 1 aliphatic rings. The van der Waals surface area contributed by atoms with Crippen molar-refractivity contribution in [1.82, 2.24) is 10.2 Å². The highest BCUT2D eigenvalue weighted by Crippen LogP contribution is 2.30. The molecule has 1 rings (SSSR count). The van der Waals surface area contributed by atoms with Gasteiger partial charge in [-0.3, -0.25) is 0 Å². The summed E-state index contributed by atoms with van der Waals surface area (Å²) in [6.45, 7) is 9.64. The zero-order chi connectivity index (χ0) is 15.7. The Morgan fingerprint density at radius 3 is 2.15 bits per heavy atom. The standard InChI is InChI=1S/C14H28N2O3S/c1-10(2)11(3)16(12-7-8-12)13(17)15-9-14(4,5)20(6,18)19/h10-12H,7-9H2,1-6H3,(H,15,17). The Kier molecular flexibility index (Phi) is 5.11. The van der Waals surface area contributed by atoms with Crippen molar-refractivity contribution in [1.29, 1.82) is 0 Å². The van der Waals surface area contributed by atoms with Crippen molar-refractivity contribution in [3.63, 3.8) is 0 Å². The minimum Gasteiger partial charge on any atom is -0.336 e. The van der Waals surface area contributed by atoms with Crippen molar-refractivity contribution < 1.29 is 13.2 Å². The van der Waals surface area contributed by atoms with Crippen molar-refractivity contribution in [2.24, 2.45) is 5.92 Å². The number of hydrogen-bond acceptors (Lipinski definition) is 3. The summed E-state index contributed by atoms with van der Waals surface area (Å²) in [6.07, 6.45) is 3.29. The van der Waals surface area contributed by atoms with Gasteiger partial charge in [-0.1, -0.05) is 13.8 Å². The highest BCUT2D eigenvalue weighted by atomic mass is 32.2. The van der Waals surface area contributed by atoms with E-state index in [1.54, 1.807) is 13.8 Å². The molecule has 1 aliphatic carbocycles. The third kappa shape index (κ3) is 4.11. The van der Waals surface area contributed by atoms with Crippen LogP contribution in [0.1, 0.15) is 47.5 Å². The monoisotopic (exact) mass is 304 g/mol. The third-order valence-electron chi connectivity index (χ3n) is 4.25. The van der Waals surface area contributed by atoms with Crippen LogP contribution in [0.4, 0.5) is 4.79 Å². The Bertz CT molecular complexity index is 453. The Morgan fingerprint density at radius 1 is 1.30 bits per heavy atom. The number of urea groups is 1. The number of sulfone groups is 1. The molecule has 1 unspecified atom stereocenters. The number of carbonyl (C=O) groups excluding carboxylic acids is 1. The molecule has 20 heavy (non-hydrogen) atoms. The van der Waals surface area contributed by atoms with Crippen molar-refractivity contribution in [2.75, 3.05) is 12.8 Å². The van der Waals surface area contributed by atoms with E-state index in [4.69, 9.17) is 0 Å². The Morgan fingerprint density at radius 2 is 1.80 bits per heavy atom. The van der Waals surface area contributed by atoms with E-state index in [1.165, 1.54) is 6.26 Å². The molecule has 0 saturated heterocycles. The Balaban J connectivity index is 2.69. The summed E-state index contributed by atoms with van der Waals surface area (Å²) in [4.78, 5) is 14.2. The van der Waals surface area contributed by atoms with Gasteiger partial charge in [-0.25, -0.2) is 13.2 Å². The SMILES string of the molecule is CC(C)C(C)N(C(=O)NCC(C)(C)S(C)(=O)=O)C1CC1. The first kappa shape index (κ1) is 17.3. The highest BCUT2D eigenvalue weighted by molar-refractivity contribution is 7.92. The predicted octanol–water partition coefficient (Wildman–Crippen LogP) is 2.03. The lowest BCUT2D eigenvalue weighted by molar-refractivity contribution is 0.156. The lowest BCUT2D eigenvalue weighted by atomic mass is 10.0. The average Bonchev–Trinajstić information content (AvgIpc) is 3.09. The number of rotatable bonds is 6. The maximum atomic E-state index is 12.4. The first-order valence-corrected chi connectivity index (χ1v) is 9.12. The van der Waals surface area contributed by atoms with Gasteiger partial charge in [0.1, 0.15) is 0 Å². The summed E-state index contributed by atoms with van der Waals surface area (Å²) in [6, 6.07) is 0.322. The molecule has 2 amide bonds. The van der Waals surface area contributed by atoms with Crippen molar-refractivity contribution >= 4 is 15.9 Å². The molecule has 0 heterocycles. The Labute approximate surface area is 123 Å². The van der Waals surface area contributed by atoms with Gasteiger partial charge in [-0.05, 0) is 39.5 Å². The zero-order valence-electron chi connectivity index (χ0n) is 13.4. The van der Waals surface area contributed by atoms with Gasteiger partial charge >= 0.3 is 6.03 Å². The summed E-state index contributed by atoms with van der Waals surface area (Å²) in [7, 11) is -3.20. The average molecular weight is 304 g/mol. The van der Waals surface area contributed by atoms with Crippen LogP contribution in [0.3, 0.4) is 0 Å². The summed E-state index contributed by atoms with van der Waals surface area (Å²) in [5.74, 6) is 0.379. The minimum absolute atomic E-state index is 0.138. The summed E-state index contributed by atoms with van der Waals surface area (Å²) in [5.41, 5.74) is 0. The Hall–Kier alpha value is -0.780. The van der Waals surface area contributed by atoms with Gasteiger partial charge in [0, 0.05) is 24.9 Å². The second-order valence-corrected chi connectivity index (χ2v) is 9.46. The molecule has 0 bridgehead atoms. The molecule has 0 spiro atoms. The molecule has 1 N–H and O–H groups in total. The summed E-state index contributed by atoms with van der Waals surface area (Å²) >= 11 is 0. The third-order valence-corrected chi connectivity index (χ3v) is 6.40. The smallest absolute Gasteiger partial charge is 0.317 e. The largest absolute Gasteiger partial charge is 0.336 e. The topological polar surface area (TPSA) is 66.5 Å². The van der Waals surface area contributed by atoms with E-state index in [9.17, 15) is 13.2 Å². The maximum Gasteiger partial charge on any atom is 0.317 e. The number of nitrogens with one attached hydrogen (secondary N) is 1. The predicted molar refractivity (Wildman–Crippen MR) is 81.5 cm³/mol. The molecule has 0 radical (unpaired) electrons. The van der Waals surface area contributed by atoms with Gasteiger partial charge in [0.25, 0.3) is 0 Å². The van der Waals surface area contributed by atoms with Crippen LogP contribution in [0.2, 0.25) is 0 Å². The molecule has 118 valence electrons. The van der Waals surface area contributed by atoms with E-state index in [2.05, 4.69) is 19.2 Å². The quantitative estimate of drug-likeness (QED) is 0.816. The summed E-state index contributed by atoms with van der Waals surface area (Å²) < 4.78 is 22.4. The van der Waals surface area contributed by atoms with Crippen LogP contribution in [0, 0.1) is 5.92 Å². The van der Waals surface area contributed by atoms with Crippen LogP contribution in [-0.2, 0) is 9.84 Å². The van der Waals surface area contributed by atoms with Crippen LogP contribution >= 0.6 is 0 Å². The number of nitrogens with zero attached hydrogens (tertiary/aromatic N) is 1. The highest BCUT2D eigenvalue weighted by Gasteiger charge is 2.38. The van der Waals surface area contributed by atoms with Crippen LogP contribution < -0.4 is 5.32 Å². The summed E-state index contributed by atoms with van der Waals surface area (Å²) in [5, 5.41) is 2.79. The fraction of sp³-hybridized carbons (Fsp3) is 0.929. The van der Waals surface area contributed by atoms with Gasteiger partial charge < -0.3 is 10.2 Å².